The van der Waals surface area contributed by atoms with Crippen molar-refractivity contribution in [3.05, 3.63) is 58.7 Å². The monoisotopic (exact) mass is 827 g/mol. The maximum absolute atomic E-state index is 13.4. The van der Waals surface area contributed by atoms with E-state index in [2.05, 4.69) is 26.6 Å². The molecule has 1 saturated carbocycles. The maximum atomic E-state index is 13.4. The maximum Gasteiger partial charge on any atom is 0.303 e. The SMILES string of the molecule is CC(N)=O.CCC(=O)CNC(=O)C1CCCN1C(=O)C(CCC(=O)O)NC(=O)C(CC(N)=O)NC(=O)Cc1ccc(OF)c(N)c1.Cc1cccc(C)c1C(=O)C1CC1. The number of carbonyl (C=O) groups excluding carboxylic acids is 8. The average molecular weight is 828 g/mol. The van der Waals surface area contributed by atoms with Gasteiger partial charge in [-0.05, 0) is 74.8 Å². The molecule has 3 atom stereocenters. The van der Waals surface area contributed by atoms with Crippen LogP contribution in [0.5, 0.6) is 5.75 Å². The fourth-order valence-corrected chi connectivity index (χ4v) is 6.10. The number of nitrogens with zero attached hydrogens (tertiary/aromatic N) is 1. The first-order valence-electron chi connectivity index (χ1n) is 19.0. The molecule has 10 N–H and O–H groups in total. The van der Waals surface area contributed by atoms with Gasteiger partial charge in [0.25, 0.3) is 0 Å². The number of Topliss-reactive ketones (excluding diaryl/α,β-unsaturated/α-hetero) is 2. The van der Waals surface area contributed by atoms with Crippen molar-refractivity contribution in [2.75, 3.05) is 18.8 Å². The molecular formula is C40H54FN7O11. The first kappa shape index (κ1) is 48.7. The summed E-state index contributed by atoms with van der Waals surface area (Å²) >= 11 is 0. The lowest BCUT2D eigenvalue weighted by molar-refractivity contribution is -0.143. The molecular weight excluding hydrogens is 773 g/mol. The van der Waals surface area contributed by atoms with Gasteiger partial charge in [-0.15, -0.1) is 0 Å². The van der Waals surface area contributed by atoms with Crippen molar-refractivity contribution in [1.82, 2.24) is 20.9 Å². The third kappa shape index (κ3) is 16.5. The van der Waals surface area contributed by atoms with Gasteiger partial charge < -0.3 is 43.2 Å². The van der Waals surface area contributed by atoms with Crippen LogP contribution >= 0.6 is 0 Å². The fraction of sp³-hybridized carbons (Fsp3) is 0.475. The van der Waals surface area contributed by atoms with E-state index in [0.29, 0.717) is 30.1 Å². The lowest BCUT2D eigenvalue weighted by atomic mass is 9.97. The summed E-state index contributed by atoms with van der Waals surface area (Å²) in [5.74, 6) is -5.32. The van der Waals surface area contributed by atoms with Gasteiger partial charge >= 0.3 is 5.97 Å². The van der Waals surface area contributed by atoms with Crippen molar-refractivity contribution in [2.24, 2.45) is 17.4 Å². The van der Waals surface area contributed by atoms with E-state index in [0.717, 1.165) is 29.5 Å². The van der Waals surface area contributed by atoms with Crippen LogP contribution in [0.15, 0.2) is 36.4 Å². The van der Waals surface area contributed by atoms with Gasteiger partial charge in [0.1, 0.15) is 18.1 Å². The Kier molecular flexibility index (Phi) is 19.6. The number of benzene rings is 2. The third-order valence-corrected chi connectivity index (χ3v) is 9.21. The topological polar surface area (TPSA) is 300 Å². The van der Waals surface area contributed by atoms with Gasteiger partial charge in [-0.3, -0.25) is 48.1 Å². The number of nitrogens with one attached hydrogen (secondary N) is 3. The van der Waals surface area contributed by atoms with Crippen molar-refractivity contribution in [2.45, 2.75) is 104 Å². The molecule has 18 nitrogen and oxygen atoms in total. The van der Waals surface area contributed by atoms with Crippen LogP contribution in [0.25, 0.3) is 0 Å². The molecule has 0 spiro atoms. The second-order valence-electron chi connectivity index (χ2n) is 14.2. The number of carboxylic acid groups (broad SMARTS) is 1. The number of halogens is 1. The number of hydrogen-bond donors (Lipinski definition) is 7. The second-order valence-corrected chi connectivity index (χ2v) is 14.2. The number of anilines is 1. The standard InChI is InChI=1S/C26H35FN6O9.C12H14O.C2H5NO/c1-2-15(34)13-30-25(40)19-4-3-9-33(19)26(41)17(6-8-23(37)38)32-24(39)18(12-21(29)35)31-22(36)11-14-5-7-20(42-27)16(28)10-14;1-8-4-3-5-9(2)11(8)12(13)10-6-7-10;1-2(3)4/h5,7,10,17-19H,2-4,6,8-9,11-13,28H2,1H3,(H2,29,35)(H,30,40)(H,31,36)(H,32,39)(H,37,38);3-5,10H,6-7H2,1-2H3;1H3,(H2,3,4). The van der Waals surface area contributed by atoms with Gasteiger partial charge in [0, 0.05) is 42.3 Å². The highest BCUT2D eigenvalue weighted by atomic mass is 19.3. The molecule has 4 rings (SSSR count). The quantitative estimate of drug-likeness (QED) is 0.0826. The number of likely N-dealkylation sites (tertiary alicyclic amines) is 1. The van der Waals surface area contributed by atoms with E-state index < -0.39 is 66.5 Å². The van der Waals surface area contributed by atoms with E-state index in [4.69, 9.17) is 11.5 Å². The molecule has 2 fully saturated rings. The number of ketones is 2. The summed E-state index contributed by atoms with van der Waals surface area (Å²) in [5, 5.41) is 16.4. The molecule has 2 aromatic rings. The highest BCUT2D eigenvalue weighted by Crippen LogP contribution is 2.34. The molecule has 0 bridgehead atoms. The summed E-state index contributed by atoms with van der Waals surface area (Å²) in [5.41, 5.74) is 18.8. The van der Waals surface area contributed by atoms with Gasteiger partial charge in [-0.25, -0.2) is 0 Å². The number of aryl methyl sites for hydroxylation is 2. The molecule has 1 aliphatic heterocycles. The number of hydrogen-bond acceptors (Lipinski definition) is 11. The summed E-state index contributed by atoms with van der Waals surface area (Å²) in [7, 11) is 0. The van der Waals surface area contributed by atoms with Crippen LogP contribution in [-0.4, -0.2) is 94.2 Å². The first-order chi connectivity index (χ1) is 27.8. The van der Waals surface area contributed by atoms with Crippen LogP contribution in [-0.2, 0) is 44.8 Å². The van der Waals surface area contributed by atoms with Crippen molar-refractivity contribution in [1.29, 1.82) is 0 Å². The fourth-order valence-electron chi connectivity index (χ4n) is 6.10. The lowest BCUT2D eigenvalue weighted by Gasteiger charge is -2.29. The summed E-state index contributed by atoms with van der Waals surface area (Å²) in [6, 6.07) is 5.98. The number of rotatable bonds is 18. The van der Waals surface area contributed by atoms with Crippen LogP contribution in [0.1, 0.15) is 92.3 Å². The predicted octanol–water partition coefficient (Wildman–Crippen LogP) is 1.26. The Morgan fingerprint density at radius 3 is 2.10 bits per heavy atom. The smallest absolute Gasteiger partial charge is 0.303 e. The predicted molar refractivity (Wildman–Crippen MR) is 212 cm³/mol. The van der Waals surface area contributed by atoms with Gasteiger partial charge in [-0.2, -0.15) is 0 Å². The molecule has 322 valence electrons. The van der Waals surface area contributed by atoms with Crippen molar-refractivity contribution in [3.63, 3.8) is 0 Å². The molecule has 1 saturated heterocycles. The minimum Gasteiger partial charge on any atom is -0.481 e. The molecule has 59 heavy (non-hydrogen) atoms. The zero-order valence-corrected chi connectivity index (χ0v) is 33.6. The average Bonchev–Trinajstić information content (AvgIpc) is 3.90. The van der Waals surface area contributed by atoms with Crippen LogP contribution in [0, 0.1) is 19.8 Å². The van der Waals surface area contributed by atoms with E-state index in [1.807, 2.05) is 32.0 Å². The van der Waals surface area contributed by atoms with Crippen LogP contribution in [0.2, 0.25) is 0 Å². The number of carboxylic acids is 1. The van der Waals surface area contributed by atoms with Gasteiger partial charge in [0.15, 0.2) is 17.3 Å². The summed E-state index contributed by atoms with van der Waals surface area (Å²) in [4.78, 5) is 112. The van der Waals surface area contributed by atoms with Crippen LogP contribution < -0.4 is 38.1 Å². The number of nitrogen functional groups attached to an aromatic ring is 1. The molecule has 2 aromatic carbocycles. The van der Waals surface area contributed by atoms with Crippen LogP contribution in [0.3, 0.4) is 0 Å². The summed E-state index contributed by atoms with van der Waals surface area (Å²) in [6.45, 7) is 6.92. The van der Waals surface area contributed by atoms with Crippen LogP contribution in [0.4, 0.5) is 10.2 Å². The Labute approximate surface area is 341 Å². The molecule has 2 aliphatic rings. The summed E-state index contributed by atoms with van der Waals surface area (Å²) < 4.78 is 12.4. The zero-order valence-electron chi connectivity index (χ0n) is 33.6. The first-order valence-corrected chi connectivity index (χ1v) is 19.0. The van der Waals surface area contributed by atoms with Gasteiger partial charge in [-0.1, -0.05) is 31.2 Å². The molecule has 6 amide bonds. The Balaban J connectivity index is 0.000000578. The second kappa shape index (κ2) is 23.7. The minimum absolute atomic E-state index is 0.0834. The molecule has 0 radical (unpaired) electrons. The van der Waals surface area contributed by atoms with Gasteiger partial charge in [0.2, 0.25) is 35.4 Å². The molecule has 19 heteroatoms. The van der Waals surface area contributed by atoms with E-state index in [9.17, 15) is 52.8 Å². The van der Waals surface area contributed by atoms with E-state index in [1.54, 1.807) is 6.92 Å². The highest BCUT2D eigenvalue weighted by Gasteiger charge is 2.39. The molecule has 3 unspecified atom stereocenters. The Bertz CT molecular complexity index is 1860. The Morgan fingerprint density at radius 1 is 0.949 bits per heavy atom. The minimum atomic E-state index is -1.53. The Hall–Kier alpha value is -6.40. The van der Waals surface area contributed by atoms with E-state index in [1.165, 1.54) is 30.0 Å². The third-order valence-electron chi connectivity index (χ3n) is 9.21. The lowest BCUT2D eigenvalue weighted by Crippen LogP contribution is -2.57. The number of nitrogens with two attached hydrogens (primary N) is 3. The number of carbonyl (C=O) groups is 9. The summed E-state index contributed by atoms with van der Waals surface area (Å²) in [6.07, 6.45) is 1.31. The molecule has 1 aliphatic carbocycles. The normalized spacial score (nSPS) is 15.1. The Morgan fingerprint density at radius 2 is 1.58 bits per heavy atom. The largest absolute Gasteiger partial charge is 0.481 e. The van der Waals surface area contributed by atoms with Crippen molar-refractivity contribution in [3.8, 4) is 5.75 Å². The zero-order chi connectivity index (χ0) is 44.4. The van der Waals surface area contributed by atoms with E-state index in [-0.39, 0.29) is 55.5 Å². The van der Waals surface area contributed by atoms with Crippen molar-refractivity contribution < 1.29 is 57.7 Å². The molecule has 0 aromatic heterocycles. The number of amides is 6. The van der Waals surface area contributed by atoms with E-state index >= 15 is 0 Å². The molecule has 1 heterocycles. The highest BCUT2D eigenvalue weighted by molar-refractivity contribution is 6.01. The van der Waals surface area contributed by atoms with Crippen molar-refractivity contribution >= 4 is 58.7 Å². The van der Waals surface area contributed by atoms with Gasteiger partial charge in [0.05, 0.1) is 25.1 Å². The number of primary amides is 2. The number of aliphatic carboxylic acids is 1.